The number of benzene rings is 2. The summed E-state index contributed by atoms with van der Waals surface area (Å²) in [6.07, 6.45) is -4.48. The summed E-state index contributed by atoms with van der Waals surface area (Å²) in [5.41, 5.74) is 2.36. The van der Waals surface area contributed by atoms with Crippen molar-refractivity contribution in [1.82, 2.24) is 10.4 Å². The average molecular weight is 366 g/mol. The zero-order valence-corrected chi connectivity index (χ0v) is 14.6. The number of ether oxygens (including phenoxy) is 1. The zero-order valence-electron chi connectivity index (χ0n) is 14.6. The van der Waals surface area contributed by atoms with Gasteiger partial charge in [0.1, 0.15) is 11.8 Å². The molecule has 7 heteroatoms. The van der Waals surface area contributed by atoms with Gasteiger partial charge < -0.3 is 4.74 Å². The number of hydrogen-bond donors (Lipinski definition) is 1. The standard InChI is InChI=1S/C19H21F3N2O2/c1-12(2)11-26-16-10-14(9-13-5-3-4-6-15(13)16)18(19(20,21)22)24-8-7-17(25)23-24/h3-6,9-10,12,18H,7-8,11H2,1-2H3,(H,23,25)/t18-/m0/s1. The fourth-order valence-corrected chi connectivity index (χ4v) is 3.06. The van der Waals surface area contributed by atoms with Gasteiger partial charge in [0.15, 0.2) is 0 Å². The van der Waals surface area contributed by atoms with E-state index in [4.69, 9.17) is 4.74 Å². The Morgan fingerprint density at radius 2 is 1.96 bits per heavy atom. The molecule has 0 aliphatic carbocycles. The van der Waals surface area contributed by atoms with Crippen LogP contribution in [0.5, 0.6) is 5.75 Å². The Morgan fingerprint density at radius 1 is 1.23 bits per heavy atom. The molecule has 0 unspecified atom stereocenters. The molecule has 2 aromatic rings. The van der Waals surface area contributed by atoms with Gasteiger partial charge in [0.05, 0.1) is 6.61 Å². The van der Waals surface area contributed by atoms with Gasteiger partial charge in [-0.25, -0.2) is 5.01 Å². The van der Waals surface area contributed by atoms with Gasteiger partial charge in [0.25, 0.3) is 0 Å². The molecule has 1 heterocycles. The van der Waals surface area contributed by atoms with Crippen LogP contribution in [0, 0.1) is 5.92 Å². The highest BCUT2D eigenvalue weighted by molar-refractivity contribution is 5.89. The molecule has 1 atom stereocenters. The lowest BCUT2D eigenvalue weighted by Crippen LogP contribution is -2.43. The van der Waals surface area contributed by atoms with Gasteiger partial charge in [0.2, 0.25) is 5.91 Å². The van der Waals surface area contributed by atoms with Crippen LogP contribution in [-0.2, 0) is 4.79 Å². The van der Waals surface area contributed by atoms with Crippen molar-refractivity contribution >= 4 is 16.7 Å². The topological polar surface area (TPSA) is 41.6 Å². The molecule has 26 heavy (non-hydrogen) atoms. The third-order valence-electron chi connectivity index (χ3n) is 4.20. The highest BCUT2D eigenvalue weighted by Crippen LogP contribution is 2.41. The summed E-state index contributed by atoms with van der Waals surface area (Å²) in [6, 6.07) is 8.23. The van der Waals surface area contributed by atoms with E-state index in [1.54, 1.807) is 12.1 Å². The maximum atomic E-state index is 13.8. The second kappa shape index (κ2) is 7.15. The van der Waals surface area contributed by atoms with Crippen LogP contribution >= 0.6 is 0 Å². The Morgan fingerprint density at radius 3 is 2.58 bits per heavy atom. The molecule has 0 saturated carbocycles. The highest BCUT2D eigenvalue weighted by Gasteiger charge is 2.47. The van der Waals surface area contributed by atoms with Gasteiger partial charge in [-0.2, -0.15) is 13.2 Å². The number of nitrogens with one attached hydrogen (secondary N) is 1. The van der Waals surface area contributed by atoms with Crippen molar-refractivity contribution in [3.05, 3.63) is 42.0 Å². The van der Waals surface area contributed by atoms with Crippen molar-refractivity contribution in [2.45, 2.75) is 32.5 Å². The Kier molecular flexibility index (Phi) is 5.09. The molecule has 1 N–H and O–H groups in total. The number of carbonyl (C=O) groups is 1. The number of fused-ring (bicyclic) bond motifs is 1. The maximum absolute atomic E-state index is 13.8. The molecule has 2 aromatic carbocycles. The number of carbonyl (C=O) groups excluding carboxylic acids is 1. The van der Waals surface area contributed by atoms with Crippen molar-refractivity contribution < 1.29 is 22.7 Å². The third kappa shape index (κ3) is 3.93. The van der Waals surface area contributed by atoms with E-state index < -0.39 is 18.1 Å². The minimum absolute atomic E-state index is 0.0119. The van der Waals surface area contributed by atoms with E-state index in [9.17, 15) is 18.0 Å². The van der Waals surface area contributed by atoms with Crippen LogP contribution in [-0.4, -0.2) is 30.2 Å². The van der Waals surface area contributed by atoms with Crippen LogP contribution in [0.4, 0.5) is 13.2 Å². The van der Waals surface area contributed by atoms with E-state index in [2.05, 4.69) is 5.43 Å². The lowest BCUT2D eigenvalue weighted by atomic mass is 10.00. The number of rotatable bonds is 5. The average Bonchev–Trinajstić information content (AvgIpc) is 2.97. The molecule has 0 bridgehead atoms. The molecule has 0 radical (unpaired) electrons. The van der Waals surface area contributed by atoms with Crippen molar-refractivity contribution in [1.29, 1.82) is 0 Å². The van der Waals surface area contributed by atoms with Crippen LogP contribution in [0.15, 0.2) is 36.4 Å². The van der Waals surface area contributed by atoms with E-state index in [1.165, 1.54) is 12.1 Å². The first-order chi connectivity index (χ1) is 12.3. The van der Waals surface area contributed by atoms with Crippen LogP contribution < -0.4 is 10.2 Å². The summed E-state index contributed by atoms with van der Waals surface area (Å²) in [5, 5.41) is 2.39. The van der Waals surface area contributed by atoms with Crippen molar-refractivity contribution in [3.8, 4) is 5.75 Å². The second-order valence-corrected chi connectivity index (χ2v) is 6.87. The van der Waals surface area contributed by atoms with E-state index >= 15 is 0 Å². The van der Waals surface area contributed by atoms with Crippen LogP contribution in [0.1, 0.15) is 31.9 Å². The smallest absolute Gasteiger partial charge is 0.409 e. The van der Waals surface area contributed by atoms with Gasteiger partial charge >= 0.3 is 6.18 Å². The summed E-state index contributed by atoms with van der Waals surface area (Å²) in [6.45, 7) is 4.37. The second-order valence-electron chi connectivity index (χ2n) is 6.87. The normalized spacial score (nSPS) is 16.9. The van der Waals surface area contributed by atoms with Crippen LogP contribution in [0.25, 0.3) is 10.8 Å². The number of hydrogen-bond acceptors (Lipinski definition) is 3. The molecule has 1 aliphatic rings. The molecular weight excluding hydrogens is 345 g/mol. The van der Waals surface area contributed by atoms with Crippen molar-refractivity contribution in [3.63, 3.8) is 0 Å². The van der Waals surface area contributed by atoms with Gasteiger partial charge in [-0.1, -0.05) is 38.1 Å². The Hall–Kier alpha value is -2.28. The van der Waals surface area contributed by atoms with Crippen molar-refractivity contribution in [2.24, 2.45) is 5.92 Å². The van der Waals surface area contributed by atoms with E-state index in [0.717, 1.165) is 10.4 Å². The van der Waals surface area contributed by atoms with E-state index in [-0.39, 0.29) is 24.4 Å². The summed E-state index contributed by atoms with van der Waals surface area (Å²) < 4.78 is 47.2. The predicted octanol–water partition coefficient (Wildman–Crippen LogP) is 4.21. The molecule has 4 nitrogen and oxygen atoms in total. The molecule has 1 fully saturated rings. The summed E-state index contributed by atoms with van der Waals surface area (Å²) in [7, 11) is 0. The monoisotopic (exact) mass is 366 g/mol. The Balaban J connectivity index is 2.07. The first-order valence-corrected chi connectivity index (χ1v) is 8.54. The van der Waals surface area contributed by atoms with E-state index in [1.807, 2.05) is 26.0 Å². The molecule has 0 aromatic heterocycles. The van der Waals surface area contributed by atoms with Crippen LogP contribution in [0.2, 0.25) is 0 Å². The Bertz CT molecular complexity index is 805. The third-order valence-corrected chi connectivity index (χ3v) is 4.20. The number of nitrogens with zero attached hydrogens (tertiary/aromatic N) is 1. The molecule has 1 saturated heterocycles. The molecular formula is C19H21F3N2O2. The highest BCUT2D eigenvalue weighted by atomic mass is 19.4. The number of halogens is 3. The molecule has 1 aliphatic heterocycles. The van der Waals surface area contributed by atoms with E-state index in [0.29, 0.717) is 17.7 Å². The zero-order chi connectivity index (χ0) is 18.9. The SMILES string of the molecule is CC(C)COc1cc([C@H](N2CCC(=O)N2)C(F)(F)F)cc2ccccc12. The predicted molar refractivity (Wildman–Crippen MR) is 92.5 cm³/mol. The molecule has 0 spiro atoms. The number of alkyl halides is 3. The van der Waals surface area contributed by atoms with Crippen LogP contribution in [0.3, 0.4) is 0 Å². The number of amides is 1. The first-order valence-electron chi connectivity index (χ1n) is 8.54. The number of hydrazine groups is 1. The van der Waals surface area contributed by atoms with Gasteiger partial charge in [0, 0.05) is 18.4 Å². The Labute approximate surface area is 149 Å². The molecule has 1 amide bonds. The fraction of sp³-hybridized carbons (Fsp3) is 0.421. The largest absolute Gasteiger partial charge is 0.493 e. The van der Waals surface area contributed by atoms with Gasteiger partial charge in [-0.3, -0.25) is 10.2 Å². The lowest BCUT2D eigenvalue weighted by molar-refractivity contribution is -0.191. The quantitative estimate of drug-likeness (QED) is 0.862. The first kappa shape index (κ1) is 18.5. The summed E-state index contributed by atoms with van der Waals surface area (Å²) >= 11 is 0. The summed E-state index contributed by atoms with van der Waals surface area (Å²) in [4.78, 5) is 11.4. The maximum Gasteiger partial charge on any atom is 0.409 e. The summed E-state index contributed by atoms with van der Waals surface area (Å²) in [5.74, 6) is 0.261. The van der Waals surface area contributed by atoms with Crippen molar-refractivity contribution in [2.75, 3.05) is 13.2 Å². The minimum atomic E-state index is -4.53. The molecule has 3 rings (SSSR count). The van der Waals surface area contributed by atoms with Gasteiger partial charge in [-0.05, 0) is 29.0 Å². The van der Waals surface area contributed by atoms with Gasteiger partial charge in [-0.15, -0.1) is 0 Å². The molecule has 140 valence electrons. The minimum Gasteiger partial charge on any atom is -0.493 e. The fourth-order valence-electron chi connectivity index (χ4n) is 3.06. The lowest BCUT2D eigenvalue weighted by Gasteiger charge is -2.30.